The Morgan fingerprint density at radius 3 is 1.83 bits per heavy atom. The number of carbonyl (C=O) groups is 1. The first-order chi connectivity index (χ1) is 5.31. The molecule has 74 valence electrons. The molecule has 0 aliphatic heterocycles. The molecule has 4 N–H and O–H groups in total. The topological polar surface area (TPSA) is 124 Å². The third-order valence-corrected chi connectivity index (χ3v) is 0.640. The number of carbonyl (C=O) groups excluding carboxylic acids is 1. The Hall–Kier alpha value is -0.410. The smallest absolute Gasteiger partial charge is 0.377 e. The molecule has 0 rings (SSSR count). The van der Waals surface area contributed by atoms with Gasteiger partial charge >= 0.3 is 10.4 Å². The van der Waals surface area contributed by atoms with Gasteiger partial charge in [-0.15, -0.1) is 11.6 Å². The molecular formula is C3H8ClNO6S. The Bertz CT molecular complexity index is 205. The van der Waals surface area contributed by atoms with Crippen LogP contribution < -0.4 is 5.32 Å². The number of aliphatic hydroxyl groups excluding tert-OH is 1. The zero-order valence-corrected chi connectivity index (χ0v) is 7.34. The first kappa shape index (κ1) is 14.1. The van der Waals surface area contributed by atoms with Crippen molar-refractivity contribution in [2.45, 2.75) is 0 Å². The summed E-state index contributed by atoms with van der Waals surface area (Å²) in [5.74, 6) is -0.454. The largest absolute Gasteiger partial charge is 0.394 e. The maximum absolute atomic E-state index is 10.0. The minimum absolute atomic E-state index is 0.0967. The van der Waals surface area contributed by atoms with E-state index < -0.39 is 10.4 Å². The number of rotatable bonds is 2. The van der Waals surface area contributed by atoms with Gasteiger partial charge in [-0.25, -0.2) is 0 Å². The molecule has 0 saturated heterocycles. The van der Waals surface area contributed by atoms with Gasteiger partial charge in [0.25, 0.3) is 0 Å². The Morgan fingerprint density at radius 1 is 1.42 bits per heavy atom. The molecule has 0 aromatic carbocycles. The zero-order chi connectivity index (χ0) is 10.2. The van der Waals surface area contributed by atoms with Crippen LogP contribution in [0.4, 0.5) is 0 Å². The number of alkyl halides is 1. The maximum Gasteiger partial charge on any atom is 0.394 e. The predicted molar refractivity (Wildman–Crippen MR) is 40.1 cm³/mol. The van der Waals surface area contributed by atoms with E-state index in [0.29, 0.717) is 0 Å². The fourth-order valence-electron chi connectivity index (χ4n) is 0.135. The zero-order valence-electron chi connectivity index (χ0n) is 5.77. The van der Waals surface area contributed by atoms with Crippen molar-refractivity contribution in [3.05, 3.63) is 0 Å². The molecular weight excluding hydrogens is 214 g/mol. The molecule has 7 nitrogen and oxygen atoms in total. The standard InChI is InChI=1S/C3H6ClNO2.H2O4S/c4-1-3(7)5-2-6;1-5(2,3)4/h6H,1-2H2,(H,5,7);(H2,1,2,3,4). The highest BCUT2D eigenvalue weighted by molar-refractivity contribution is 7.79. The summed E-state index contributed by atoms with van der Waals surface area (Å²) in [6.07, 6.45) is 0. The first-order valence-electron chi connectivity index (χ1n) is 2.44. The third kappa shape index (κ3) is 33.6. The fraction of sp³-hybridized carbons (Fsp3) is 0.667. The van der Waals surface area contributed by atoms with Crippen molar-refractivity contribution in [3.63, 3.8) is 0 Å². The van der Waals surface area contributed by atoms with E-state index >= 15 is 0 Å². The second-order valence-electron chi connectivity index (χ2n) is 1.34. The summed E-state index contributed by atoms with van der Waals surface area (Å²) in [5, 5.41) is 10.1. The van der Waals surface area contributed by atoms with Gasteiger partial charge in [0.05, 0.1) is 0 Å². The van der Waals surface area contributed by atoms with E-state index in [1.165, 1.54) is 0 Å². The summed E-state index contributed by atoms with van der Waals surface area (Å²) >= 11 is 5.01. The van der Waals surface area contributed by atoms with Crippen molar-refractivity contribution >= 4 is 27.9 Å². The Morgan fingerprint density at radius 2 is 1.75 bits per heavy atom. The van der Waals surface area contributed by atoms with Crippen LogP contribution >= 0.6 is 11.6 Å². The SMILES string of the molecule is O=C(CCl)NCO.O=S(=O)(O)O. The monoisotopic (exact) mass is 221 g/mol. The van der Waals surface area contributed by atoms with Crippen molar-refractivity contribution in [2.75, 3.05) is 12.6 Å². The van der Waals surface area contributed by atoms with E-state index in [0.717, 1.165) is 0 Å². The van der Waals surface area contributed by atoms with Crippen LogP contribution in [-0.4, -0.2) is 41.1 Å². The second kappa shape index (κ2) is 7.25. The van der Waals surface area contributed by atoms with Crippen molar-refractivity contribution in [1.29, 1.82) is 0 Å². The van der Waals surface area contributed by atoms with Gasteiger partial charge in [0.1, 0.15) is 12.6 Å². The van der Waals surface area contributed by atoms with Gasteiger partial charge in [-0.1, -0.05) is 0 Å². The molecule has 0 saturated carbocycles. The summed E-state index contributed by atoms with van der Waals surface area (Å²) < 4.78 is 31.6. The number of hydrogen-bond acceptors (Lipinski definition) is 4. The van der Waals surface area contributed by atoms with Gasteiger partial charge in [-0.2, -0.15) is 8.42 Å². The Balaban J connectivity index is 0. The molecule has 0 aliphatic rings. The van der Waals surface area contributed by atoms with E-state index in [1.807, 2.05) is 0 Å². The summed E-state index contributed by atoms with van der Waals surface area (Å²) in [6, 6.07) is 0. The van der Waals surface area contributed by atoms with E-state index in [4.69, 9.17) is 34.2 Å². The number of amides is 1. The number of aliphatic hydroxyl groups is 1. The van der Waals surface area contributed by atoms with E-state index in [-0.39, 0.29) is 18.5 Å². The molecule has 0 heterocycles. The lowest BCUT2D eigenvalue weighted by Gasteiger charge is -1.91. The molecule has 0 aromatic heterocycles. The van der Waals surface area contributed by atoms with Crippen LogP contribution in [0, 0.1) is 0 Å². The molecule has 12 heavy (non-hydrogen) atoms. The summed E-state index contributed by atoms with van der Waals surface area (Å²) in [5.41, 5.74) is 0. The highest BCUT2D eigenvalue weighted by Gasteiger charge is 1.91. The highest BCUT2D eigenvalue weighted by atomic mass is 35.5. The first-order valence-corrected chi connectivity index (χ1v) is 4.37. The lowest BCUT2D eigenvalue weighted by atomic mass is 10.7. The van der Waals surface area contributed by atoms with Crippen LogP contribution in [0.3, 0.4) is 0 Å². The van der Waals surface area contributed by atoms with Crippen molar-refractivity contribution in [1.82, 2.24) is 5.32 Å². The van der Waals surface area contributed by atoms with Crippen LogP contribution in [0.1, 0.15) is 0 Å². The predicted octanol–water partition coefficient (Wildman–Crippen LogP) is -1.36. The van der Waals surface area contributed by atoms with Crippen LogP contribution in [-0.2, 0) is 15.2 Å². The average Bonchev–Trinajstić information content (AvgIpc) is 1.85. The molecule has 0 atom stereocenters. The fourth-order valence-corrected chi connectivity index (χ4v) is 0.230. The molecule has 0 spiro atoms. The van der Waals surface area contributed by atoms with E-state index in [9.17, 15) is 4.79 Å². The number of halogens is 1. The van der Waals surface area contributed by atoms with Crippen molar-refractivity contribution < 1.29 is 27.4 Å². The second-order valence-corrected chi connectivity index (χ2v) is 2.50. The van der Waals surface area contributed by atoms with Gasteiger partial charge in [0, 0.05) is 0 Å². The van der Waals surface area contributed by atoms with Gasteiger partial charge in [0.15, 0.2) is 0 Å². The molecule has 1 amide bonds. The third-order valence-electron chi connectivity index (χ3n) is 0.398. The number of hydrogen-bond donors (Lipinski definition) is 4. The quantitative estimate of drug-likeness (QED) is 0.259. The Kier molecular flexibility index (Phi) is 8.54. The maximum atomic E-state index is 10.0. The van der Waals surface area contributed by atoms with Crippen LogP contribution in [0.15, 0.2) is 0 Å². The highest BCUT2D eigenvalue weighted by Crippen LogP contribution is 1.70. The van der Waals surface area contributed by atoms with Crippen LogP contribution in [0.25, 0.3) is 0 Å². The van der Waals surface area contributed by atoms with Gasteiger partial charge in [0.2, 0.25) is 5.91 Å². The van der Waals surface area contributed by atoms with E-state index in [2.05, 4.69) is 5.32 Å². The number of nitrogens with one attached hydrogen (secondary N) is 1. The molecule has 0 radical (unpaired) electrons. The molecule has 0 aliphatic carbocycles. The van der Waals surface area contributed by atoms with Gasteiger partial charge in [-0.05, 0) is 0 Å². The van der Waals surface area contributed by atoms with Gasteiger partial charge < -0.3 is 10.4 Å². The lowest BCUT2D eigenvalue weighted by Crippen LogP contribution is -2.24. The Labute approximate surface area is 73.9 Å². The molecule has 0 unspecified atom stereocenters. The van der Waals surface area contributed by atoms with Crippen molar-refractivity contribution in [3.8, 4) is 0 Å². The van der Waals surface area contributed by atoms with Crippen LogP contribution in [0.2, 0.25) is 0 Å². The summed E-state index contributed by atoms with van der Waals surface area (Å²) in [4.78, 5) is 10.0. The normalized spacial score (nSPS) is 9.67. The van der Waals surface area contributed by atoms with E-state index in [1.54, 1.807) is 0 Å². The summed E-state index contributed by atoms with van der Waals surface area (Å²) in [7, 11) is -4.67. The molecule has 0 fully saturated rings. The average molecular weight is 222 g/mol. The molecule has 0 bridgehead atoms. The minimum atomic E-state index is -4.67. The molecule has 9 heteroatoms. The summed E-state index contributed by atoms with van der Waals surface area (Å²) in [6.45, 7) is -0.342. The lowest BCUT2D eigenvalue weighted by molar-refractivity contribution is -0.119. The van der Waals surface area contributed by atoms with Crippen LogP contribution in [0.5, 0.6) is 0 Å². The van der Waals surface area contributed by atoms with Gasteiger partial charge in [-0.3, -0.25) is 13.9 Å². The van der Waals surface area contributed by atoms with Crippen molar-refractivity contribution in [2.24, 2.45) is 0 Å². The molecule has 0 aromatic rings. The minimum Gasteiger partial charge on any atom is -0.377 e.